The number of pyridine rings is 1. The fraction of sp³-hybridized carbons (Fsp3) is 0.118. The molecule has 126 valence electrons. The van der Waals surface area contributed by atoms with Gasteiger partial charge < -0.3 is 10.6 Å². The molecule has 0 aliphatic heterocycles. The number of rotatable bonds is 6. The van der Waals surface area contributed by atoms with E-state index in [0.717, 1.165) is 5.56 Å². The molecule has 8 heteroatoms. The molecule has 3 aromatic heterocycles. The molecule has 3 heterocycles. The molecule has 3 aromatic rings. The van der Waals surface area contributed by atoms with Crippen LogP contribution in [0.25, 0.3) is 0 Å². The van der Waals surface area contributed by atoms with E-state index in [1.54, 1.807) is 23.8 Å². The highest BCUT2D eigenvalue weighted by Gasteiger charge is 2.16. The van der Waals surface area contributed by atoms with Crippen LogP contribution in [0.3, 0.4) is 0 Å². The van der Waals surface area contributed by atoms with Crippen molar-refractivity contribution >= 4 is 28.8 Å². The van der Waals surface area contributed by atoms with Gasteiger partial charge in [0, 0.05) is 31.3 Å². The third-order valence-corrected chi connectivity index (χ3v) is 4.25. The third-order valence-electron chi connectivity index (χ3n) is 3.34. The van der Waals surface area contributed by atoms with Crippen LogP contribution in [-0.2, 0) is 6.42 Å². The summed E-state index contributed by atoms with van der Waals surface area (Å²) >= 11 is 1.27. The average Bonchev–Trinajstić information content (AvgIpc) is 3.11. The Morgan fingerprint density at radius 2 is 1.92 bits per heavy atom. The van der Waals surface area contributed by atoms with Crippen LogP contribution in [0.15, 0.2) is 54.6 Å². The summed E-state index contributed by atoms with van der Waals surface area (Å²) in [7, 11) is 0. The molecule has 2 amide bonds. The number of carbonyl (C=O) groups is 2. The van der Waals surface area contributed by atoms with E-state index in [0.29, 0.717) is 23.5 Å². The van der Waals surface area contributed by atoms with Crippen LogP contribution in [0.5, 0.6) is 0 Å². The zero-order valence-electron chi connectivity index (χ0n) is 13.2. The van der Waals surface area contributed by atoms with Gasteiger partial charge in [-0.3, -0.25) is 19.6 Å². The second-order valence-corrected chi connectivity index (χ2v) is 5.99. The number of nitrogens with zero attached hydrogens (tertiary/aromatic N) is 3. The van der Waals surface area contributed by atoms with Crippen LogP contribution in [-0.4, -0.2) is 33.3 Å². The summed E-state index contributed by atoms with van der Waals surface area (Å²) < 4.78 is 0. The Kier molecular flexibility index (Phi) is 5.43. The molecule has 2 N–H and O–H groups in total. The van der Waals surface area contributed by atoms with Crippen molar-refractivity contribution in [3.05, 3.63) is 70.7 Å². The van der Waals surface area contributed by atoms with Crippen LogP contribution in [0.2, 0.25) is 0 Å². The van der Waals surface area contributed by atoms with E-state index in [4.69, 9.17) is 0 Å². The van der Waals surface area contributed by atoms with Gasteiger partial charge in [0.2, 0.25) is 0 Å². The molecule has 7 nitrogen and oxygen atoms in total. The SMILES string of the molecule is O=C(Nc1ccsc1C(=O)NCCc1cccnc1)c1cnccn1. The van der Waals surface area contributed by atoms with Gasteiger partial charge in [-0.15, -0.1) is 11.3 Å². The number of aromatic nitrogens is 3. The van der Waals surface area contributed by atoms with E-state index in [1.807, 2.05) is 12.1 Å². The summed E-state index contributed by atoms with van der Waals surface area (Å²) in [6.45, 7) is 0.486. The van der Waals surface area contributed by atoms with E-state index in [1.165, 1.54) is 29.9 Å². The van der Waals surface area contributed by atoms with Gasteiger partial charge in [-0.25, -0.2) is 4.98 Å². The smallest absolute Gasteiger partial charge is 0.275 e. The predicted octanol–water partition coefficient (Wildman–Crippen LogP) is 2.16. The predicted molar refractivity (Wildman–Crippen MR) is 94.6 cm³/mol. The first-order valence-electron chi connectivity index (χ1n) is 7.56. The van der Waals surface area contributed by atoms with E-state index in [-0.39, 0.29) is 11.6 Å². The van der Waals surface area contributed by atoms with Crippen LogP contribution < -0.4 is 10.6 Å². The molecule has 0 radical (unpaired) electrons. The second-order valence-electron chi connectivity index (χ2n) is 5.08. The maximum atomic E-state index is 12.3. The van der Waals surface area contributed by atoms with Gasteiger partial charge in [-0.1, -0.05) is 6.07 Å². The first-order chi connectivity index (χ1) is 12.2. The fourth-order valence-electron chi connectivity index (χ4n) is 2.13. The summed E-state index contributed by atoms with van der Waals surface area (Å²) in [6.07, 6.45) is 8.46. The average molecular weight is 353 g/mol. The number of nitrogens with one attached hydrogen (secondary N) is 2. The molecule has 0 bridgehead atoms. The summed E-state index contributed by atoms with van der Waals surface area (Å²) in [6, 6.07) is 5.50. The van der Waals surface area contributed by atoms with Gasteiger partial charge in [0.25, 0.3) is 11.8 Å². The lowest BCUT2D eigenvalue weighted by molar-refractivity contribution is 0.0959. The van der Waals surface area contributed by atoms with Crippen molar-refractivity contribution in [1.29, 1.82) is 0 Å². The monoisotopic (exact) mass is 353 g/mol. The molecule has 0 aromatic carbocycles. The summed E-state index contributed by atoms with van der Waals surface area (Å²) in [4.78, 5) is 36.8. The second kappa shape index (κ2) is 8.11. The van der Waals surface area contributed by atoms with Crippen LogP contribution in [0.1, 0.15) is 25.7 Å². The molecule has 3 rings (SSSR count). The van der Waals surface area contributed by atoms with E-state index in [9.17, 15) is 9.59 Å². The van der Waals surface area contributed by atoms with E-state index in [2.05, 4.69) is 25.6 Å². The van der Waals surface area contributed by atoms with Crippen molar-refractivity contribution < 1.29 is 9.59 Å². The highest BCUT2D eigenvalue weighted by atomic mass is 32.1. The van der Waals surface area contributed by atoms with E-state index >= 15 is 0 Å². The van der Waals surface area contributed by atoms with Crippen LogP contribution in [0.4, 0.5) is 5.69 Å². The standard InChI is InChI=1S/C17H15N5O2S/c23-16(14-11-19-7-8-20-14)22-13-4-9-25-15(13)17(24)21-6-3-12-2-1-5-18-10-12/h1-2,4-5,7-11H,3,6H2,(H,21,24)(H,22,23). The lowest BCUT2D eigenvalue weighted by Crippen LogP contribution is -2.26. The lowest BCUT2D eigenvalue weighted by Gasteiger charge is -2.07. The first kappa shape index (κ1) is 16.7. The minimum absolute atomic E-state index is 0.191. The molecule has 0 saturated carbocycles. The van der Waals surface area contributed by atoms with Crippen molar-refractivity contribution in [2.45, 2.75) is 6.42 Å². The van der Waals surface area contributed by atoms with Crippen molar-refractivity contribution in [1.82, 2.24) is 20.3 Å². The molecular formula is C17H15N5O2S. The van der Waals surface area contributed by atoms with Gasteiger partial charge >= 0.3 is 0 Å². The maximum absolute atomic E-state index is 12.3. The van der Waals surface area contributed by atoms with Crippen LogP contribution >= 0.6 is 11.3 Å². The quantitative estimate of drug-likeness (QED) is 0.708. The van der Waals surface area contributed by atoms with Gasteiger partial charge in [0.1, 0.15) is 10.6 Å². The Hall–Kier alpha value is -3.13. The van der Waals surface area contributed by atoms with Crippen molar-refractivity contribution in [2.24, 2.45) is 0 Å². The fourth-order valence-corrected chi connectivity index (χ4v) is 2.90. The molecule has 0 aliphatic rings. The molecule has 0 atom stereocenters. The molecule has 0 fully saturated rings. The molecular weight excluding hydrogens is 338 g/mol. The summed E-state index contributed by atoms with van der Waals surface area (Å²) in [5, 5.41) is 7.30. The van der Waals surface area contributed by atoms with Crippen molar-refractivity contribution in [3.63, 3.8) is 0 Å². The van der Waals surface area contributed by atoms with Crippen molar-refractivity contribution in [2.75, 3.05) is 11.9 Å². The zero-order chi connectivity index (χ0) is 17.5. The number of hydrogen-bond acceptors (Lipinski definition) is 6. The molecule has 25 heavy (non-hydrogen) atoms. The summed E-state index contributed by atoms with van der Waals surface area (Å²) in [5.41, 5.74) is 1.70. The zero-order valence-corrected chi connectivity index (χ0v) is 14.0. The largest absolute Gasteiger partial charge is 0.351 e. The highest BCUT2D eigenvalue weighted by Crippen LogP contribution is 2.22. The number of carbonyl (C=O) groups excluding carboxylic acids is 2. The van der Waals surface area contributed by atoms with Crippen LogP contribution in [0, 0.1) is 0 Å². The number of amides is 2. The Morgan fingerprint density at radius 3 is 2.68 bits per heavy atom. The van der Waals surface area contributed by atoms with Gasteiger partial charge in [-0.05, 0) is 29.5 Å². The Morgan fingerprint density at radius 1 is 1.04 bits per heavy atom. The van der Waals surface area contributed by atoms with Gasteiger partial charge in [0.15, 0.2) is 0 Å². The summed E-state index contributed by atoms with van der Waals surface area (Å²) in [5.74, 6) is -0.635. The molecule has 0 unspecified atom stereocenters. The molecule has 0 saturated heterocycles. The maximum Gasteiger partial charge on any atom is 0.275 e. The minimum atomic E-state index is -0.407. The third kappa shape index (κ3) is 4.45. The first-order valence-corrected chi connectivity index (χ1v) is 8.44. The minimum Gasteiger partial charge on any atom is -0.351 e. The van der Waals surface area contributed by atoms with Gasteiger partial charge in [0.05, 0.1) is 11.9 Å². The number of thiophene rings is 1. The lowest BCUT2D eigenvalue weighted by atomic mass is 10.2. The number of anilines is 1. The molecule has 0 aliphatic carbocycles. The van der Waals surface area contributed by atoms with Crippen molar-refractivity contribution in [3.8, 4) is 0 Å². The normalized spacial score (nSPS) is 10.2. The Bertz CT molecular complexity index is 852. The number of hydrogen-bond donors (Lipinski definition) is 2. The highest BCUT2D eigenvalue weighted by molar-refractivity contribution is 7.12. The topological polar surface area (TPSA) is 96.9 Å². The van der Waals surface area contributed by atoms with E-state index < -0.39 is 5.91 Å². The van der Waals surface area contributed by atoms with Gasteiger partial charge in [-0.2, -0.15) is 0 Å². The Labute approximate surface area is 148 Å². The Balaban J connectivity index is 1.59. The molecule has 0 spiro atoms.